The summed E-state index contributed by atoms with van der Waals surface area (Å²) in [5.41, 5.74) is 0.639. The van der Waals surface area contributed by atoms with E-state index in [0.717, 1.165) is 19.2 Å². The number of morpholine rings is 1. The van der Waals surface area contributed by atoms with Gasteiger partial charge in [0, 0.05) is 37.2 Å². The fourth-order valence-corrected chi connectivity index (χ4v) is 5.31. The molecule has 11 heteroatoms. The number of carbonyl (C=O) groups is 1. The first-order valence-electron chi connectivity index (χ1n) is 12.3. The molecule has 2 N–H and O–H groups in total. The molecule has 0 saturated carbocycles. The van der Waals surface area contributed by atoms with Crippen LogP contribution in [0, 0.1) is 6.92 Å². The third-order valence-electron chi connectivity index (χ3n) is 6.51. The third kappa shape index (κ3) is 7.24. The predicted octanol–water partition coefficient (Wildman–Crippen LogP) is 4.46. The molecule has 0 atom stereocenters. The molecule has 1 fully saturated rings. The van der Waals surface area contributed by atoms with E-state index in [4.69, 9.17) is 14.6 Å². The van der Waals surface area contributed by atoms with Crippen LogP contribution in [0.2, 0.25) is 0 Å². The Morgan fingerprint density at radius 1 is 1.03 bits per heavy atom. The lowest BCUT2D eigenvalue weighted by molar-refractivity contribution is -0.137. The normalized spacial score (nSPS) is 14.8. The van der Waals surface area contributed by atoms with Crippen molar-refractivity contribution >= 4 is 15.8 Å². The molecule has 39 heavy (non-hydrogen) atoms. The van der Waals surface area contributed by atoms with Crippen LogP contribution in [0.5, 0.6) is 5.75 Å². The van der Waals surface area contributed by atoms with Gasteiger partial charge in [0.25, 0.3) is 0 Å². The number of sulfonamides is 1. The highest BCUT2D eigenvalue weighted by molar-refractivity contribution is 7.89. The predicted molar refractivity (Wildman–Crippen MR) is 140 cm³/mol. The van der Waals surface area contributed by atoms with Gasteiger partial charge in [-0.25, -0.2) is 13.6 Å². The molecule has 1 aliphatic rings. The van der Waals surface area contributed by atoms with Crippen LogP contribution in [-0.2, 0) is 27.4 Å². The third-order valence-corrected chi connectivity index (χ3v) is 7.58. The number of alkyl halides is 3. The minimum Gasteiger partial charge on any atom is -0.492 e. The standard InChI is InChI=1S/C28H29F3N2O5S/c1-19-16-20(6-9-27(19)39(32,35)36)17-25(34)21-7-8-23(22-4-2-3-5-24(22)28(29,30)31)26(18-21)38-15-12-33-10-13-37-14-11-33/h2-9,16,18H,10-15,17H2,1H3,(H2,32,35,36). The maximum atomic E-state index is 13.8. The van der Waals surface area contributed by atoms with Crippen LogP contribution in [0.4, 0.5) is 13.2 Å². The van der Waals surface area contributed by atoms with Gasteiger partial charge in [0.2, 0.25) is 10.0 Å². The van der Waals surface area contributed by atoms with Gasteiger partial charge >= 0.3 is 6.18 Å². The molecule has 4 rings (SSSR count). The van der Waals surface area contributed by atoms with Crippen molar-refractivity contribution in [1.82, 2.24) is 4.90 Å². The number of rotatable bonds is 9. The minimum atomic E-state index is -4.57. The van der Waals surface area contributed by atoms with Crippen molar-refractivity contribution in [2.75, 3.05) is 39.5 Å². The molecule has 0 spiro atoms. The van der Waals surface area contributed by atoms with Gasteiger partial charge in [-0.1, -0.05) is 36.4 Å². The van der Waals surface area contributed by atoms with Crippen LogP contribution in [0.3, 0.4) is 0 Å². The fraction of sp³-hybridized carbons (Fsp3) is 0.321. The summed E-state index contributed by atoms with van der Waals surface area (Å²) >= 11 is 0. The van der Waals surface area contributed by atoms with E-state index in [2.05, 4.69) is 4.90 Å². The summed E-state index contributed by atoms with van der Waals surface area (Å²) in [6.07, 6.45) is -4.62. The number of benzene rings is 3. The van der Waals surface area contributed by atoms with Crippen molar-refractivity contribution in [1.29, 1.82) is 0 Å². The van der Waals surface area contributed by atoms with Gasteiger partial charge in [-0.15, -0.1) is 0 Å². The summed E-state index contributed by atoms with van der Waals surface area (Å²) in [6, 6.07) is 14.1. The number of nitrogens with zero attached hydrogens (tertiary/aromatic N) is 1. The number of nitrogens with two attached hydrogens (primary N) is 1. The fourth-order valence-electron chi connectivity index (χ4n) is 4.54. The molecule has 3 aromatic carbocycles. The maximum Gasteiger partial charge on any atom is 0.417 e. The summed E-state index contributed by atoms with van der Waals surface area (Å²) in [5, 5.41) is 5.22. The van der Waals surface area contributed by atoms with Crippen molar-refractivity contribution < 1.29 is 35.9 Å². The number of aryl methyl sites for hydroxylation is 1. The second kappa shape index (κ2) is 11.9. The number of ketones is 1. The lowest BCUT2D eigenvalue weighted by atomic mass is 9.95. The van der Waals surface area contributed by atoms with Crippen LogP contribution >= 0.6 is 0 Å². The highest BCUT2D eigenvalue weighted by Gasteiger charge is 2.34. The molecule has 1 saturated heterocycles. The van der Waals surface area contributed by atoms with Crippen molar-refractivity contribution in [3.63, 3.8) is 0 Å². The average molecular weight is 563 g/mol. The summed E-state index contributed by atoms with van der Waals surface area (Å²) in [4.78, 5) is 15.3. The Hall–Kier alpha value is -3.25. The molecule has 0 amide bonds. The van der Waals surface area contributed by atoms with E-state index in [1.165, 1.54) is 48.5 Å². The number of primary sulfonamides is 1. The second-order valence-electron chi connectivity index (χ2n) is 9.30. The molecule has 0 aliphatic carbocycles. The summed E-state index contributed by atoms with van der Waals surface area (Å²) in [5.74, 6) is -0.127. The zero-order valence-electron chi connectivity index (χ0n) is 21.3. The monoisotopic (exact) mass is 562 g/mol. The van der Waals surface area contributed by atoms with Gasteiger partial charge in [0.1, 0.15) is 12.4 Å². The molecule has 0 radical (unpaired) electrons. The maximum absolute atomic E-state index is 13.8. The number of ether oxygens (including phenoxy) is 2. The molecule has 0 unspecified atom stereocenters. The van der Waals surface area contributed by atoms with Crippen LogP contribution in [-0.4, -0.2) is 58.6 Å². The van der Waals surface area contributed by atoms with Crippen molar-refractivity contribution in [3.8, 4) is 16.9 Å². The Labute approximate surface area is 225 Å². The minimum absolute atomic E-state index is 0.0256. The van der Waals surface area contributed by atoms with Crippen LogP contribution in [0.15, 0.2) is 65.6 Å². The summed E-state index contributed by atoms with van der Waals surface area (Å²) < 4.78 is 76.1. The highest BCUT2D eigenvalue weighted by atomic mass is 32.2. The number of hydrogen-bond donors (Lipinski definition) is 1. The number of Topliss-reactive ketones (excluding diaryl/α,β-unsaturated/α-hetero) is 1. The first-order chi connectivity index (χ1) is 18.4. The van der Waals surface area contributed by atoms with Crippen LogP contribution < -0.4 is 9.88 Å². The Morgan fingerprint density at radius 2 is 1.74 bits per heavy atom. The number of hydrogen-bond acceptors (Lipinski definition) is 6. The summed E-state index contributed by atoms with van der Waals surface area (Å²) in [7, 11) is -3.89. The first-order valence-corrected chi connectivity index (χ1v) is 13.9. The van der Waals surface area contributed by atoms with Crippen molar-refractivity contribution in [2.24, 2.45) is 5.14 Å². The Kier molecular flexibility index (Phi) is 8.75. The van der Waals surface area contributed by atoms with E-state index >= 15 is 0 Å². The highest BCUT2D eigenvalue weighted by Crippen LogP contribution is 2.40. The molecule has 0 aromatic heterocycles. The topological polar surface area (TPSA) is 98.9 Å². The zero-order chi connectivity index (χ0) is 28.2. The molecular weight excluding hydrogens is 533 g/mol. The first kappa shape index (κ1) is 28.8. The SMILES string of the molecule is Cc1cc(CC(=O)c2ccc(-c3ccccc3C(F)(F)F)c(OCCN3CCOCC3)c2)ccc1S(N)(=O)=O. The molecule has 208 valence electrons. The van der Waals surface area contributed by atoms with E-state index in [1.807, 2.05) is 0 Å². The quantitative estimate of drug-likeness (QED) is 0.387. The van der Waals surface area contributed by atoms with Gasteiger partial charge in [0.05, 0.1) is 23.7 Å². The van der Waals surface area contributed by atoms with Crippen LogP contribution in [0.1, 0.15) is 27.0 Å². The largest absolute Gasteiger partial charge is 0.492 e. The molecule has 1 aliphatic heterocycles. The number of carbonyl (C=O) groups excluding carboxylic acids is 1. The van der Waals surface area contributed by atoms with Crippen molar-refractivity contribution in [3.05, 3.63) is 82.9 Å². The Morgan fingerprint density at radius 3 is 2.41 bits per heavy atom. The van der Waals surface area contributed by atoms with Gasteiger partial charge < -0.3 is 9.47 Å². The van der Waals surface area contributed by atoms with Crippen molar-refractivity contribution in [2.45, 2.75) is 24.4 Å². The molecule has 1 heterocycles. The van der Waals surface area contributed by atoms with E-state index in [-0.39, 0.29) is 46.1 Å². The number of halogens is 3. The van der Waals surface area contributed by atoms with Gasteiger partial charge in [-0.05, 0) is 47.9 Å². The molecule has 7 nitrogen and oxygen atoms in total. The van der Waals surface area contributed by atoms with Gasteiger partial charge in [-0.2, -0.15) is 13.2 Å². The van der Waals surface area contributed by atoms with E-state index in [9.17, 15) is 26.4 Å². The Balaban J connectivity index is 1.63. The Bertz CT molecular complexity index is 1450. The lowest BCUT2D eigenvalue weighted by Crippen LogP contribution is -2.38. The van der Waals surface area contributed by atoms with Crippen LogP contribution in [0.25, 0.3) is 11.1 Å². The molecule has 0 bridgehead atoms. The average Bonchev–Trinajstić information content (AvgIpc) is 2.88. The zero-order valence-corrected chi connectivity index (χ0v) is 22.1. The lowest BCUT2D eigenvalue weighted by Gasteiger charge is -2.26. The summed E-state index contributed by atoms with van der Waals surface area (Å²) in [6.45, 7) is 5.02. The second-order valence-corrected chi connectivity index (χ2v) is 10.8. The molecule has 3 aromatic rings. The van der Waals surface area contributed by atoms with E-state index < -0.39 is 21.8 Å². The smallest absolute Gasteiger partial charge is 0.417 e. The van der Waals surface area contributed by atoms with E-state index in [0.29, 0.717) is 30.9 Å². The molecular formula is C28H29F3N2O5S. The van der Waals surface area contributed by atoms with E-state index in [1.54, 1.807) is 13.0 Å². The van der Waals surface area contributed by atoms with Gasteiger partial charge in [-0.3, -0.25) is 9.69 Å². The van der Waals surface area contributed by atoms with Gasteiger partial charge in [0.15, 0.2) is 5.78 Å².